The molecule has 46 heavy (non-hydrogen) atoms. The summed E-state index contributed by atoms with van der Waals surface area (Å²) < 4.78 is 105. The van der Waals surface area contributed by atoms with Crippen LogP contribution < -0.4 is 20.1 Å². The SMILES string of the molecule is COCCN1CCC(Nc2cccc3c(CC(F)(F)F)c(C#CCNc4cc(F)c(S(=O)(=O)NC(C)=O)cc4OCF)sc23)CC1. The third-order valence-corrected chi connectivity index (χ3v) is 9.78. The highest BCUT2D eigenvalue weighted by atomic mass is 32.2. The summed E-state index contributed by atoms with van der Waals surface area (Å²) in [6.07, 6.45) is -3.94. The van der Waals surface area contributed by atoms with Crippen molar-refractivity contribution in [2.24, 2.45) is 0 Å². The summed E-state index contributed by atoms with van der Waals surface area (Å²) in [5.41, 5.74) is 0.612. The molecule has 250 valence electrons. The number of ether oxygens (including phenoxy) is 2. The van der Waals surface area contributed by atoms with Gasteiger partial charge in [-0.2, -0.15) is 13.2 Å². The monoisotopic (exact) mass is 688 g/mol. The second kappa shape index (κ2) is 15.3. The zero-order valence-corrected chi connectivity index (χ0v) is 26.7. The number of carbonyl (C=O) groups is 1. The second-order valence-corrected chi connectivity index (χ2v) is 13.2. The van der Waals surface area contributed by atoms with E-state index in [0.29, 0.717) is 22.8 Å². The molecule has 1 saturated heterocycles. The van der Waals surface area contributed by atoms with Crippen molar-refractivity contribution in [3.8, 4) is 17.6 Å². The van der Waals surface area contributed by atoms with Gasteiger partial charge in [0.05, 0.1) is 40.5 Å². The standard InChI is InChI=1S/C30H33F5N4O5S2/c1-19(40)38-46(41,42)28-16-26(44-18-31)25(15-23(28)32)36-10-4-7-27-22(17-30(33,34)35)21-5-3-6-24(29(21)45-27)37-20-8-11-39(12-9-20)13-14-43-2/h3,5-6,15-16,20,36-37H,8-14,17-18H2,1-2H3,(H,38,40). The maximum atomic E-state index is 14.7. The first kappa shape index (κ1) is 35.2. The number of hydrogen-bond donors (Lipinski definition) is 3. The molecule has 1 amide bonds. The van der Waals surface area contributed by atoms with Gasteiger partial charge in [-0.3, -0.25) is 4.79 Å². The number of methoxy groups -OCH3 is 1. The minimum Gasteiger partial charge on any atom is -0.461 e. The molecule has 16 heteroatoms. The normalized spacial score (nSPS) is 14.5. The Morgan fingerprint density at radius 3 is 2.57 bits per heavy atom. The molecular weight excluding hydrogens is 655 g/mol. The first-order valence-corrected chi connectivity index (χ1v) is 16.5. The van der Waals surface area contributed by atoms with Crippen LogP contribution in [-0.2, 0) is 26.0 Å². The molecule has 9 nitrogen and oxygen atoms in total. The lowest BCUT2D eigenvalue weighted by molar-refractivity contribution is -0.127. The topological polar surface area (TPSA) is 109 Å². The van der Waals surface area contributed by atoms with E-state index in [9.17, 15) is 35.2 Å². The average molecular weight is 689 g/mol. The van der Waals surface area contributed by atoms with Gasteiger partial charge >= 0.3 is 6.18 Å². The fraction of sp³-hybridized carbons (Fsp3) is 0.433. The lowest BCUT2D eigenvalue weighted by Gasteiger charge is -2.32. The van der Waals surface area contributed by atoms with Crippen molar-refractivity contribution in [3.63, 3.8) is 0 Å². The van der Waals surface area contributed by atoms with Gasteiger partial charge in [-0.05, 0) is 29.9 Å². The third-order valence-electron chi connectivity index (χ3n) is 7.14. The van der Waals surface area contributed by atoms with Gasteiger partial charge < -0.3 is 25.0 Å². The van der Waals surface area contributed by atoms with Gasteiger partial charge in [0.25, 0.3) is 10.0 Å². The largest absolute Gasteiger partial charge is 0.461 e. The number of halogens is 5. The Morgan fingerprint density at radius 2 is 1.91 bits per heavy atom. The number of fused-ring (bicyclic) bond motifs is 1. The van der Waals surface area contributed by atoms with Crippen LogP contribution in [0, 0.1) is 17.7 Å². The van der Waals surface area contributed by atoms with E-state index in [1.54, 1.807) is 24.0 Å². The summed E-state index contributed by atoms with van der Waals surface area (Å²) in [4.78, 5) is 12.8. The molecule has 1 aliphatic rings. The number of alkyl halides is 4. The van der Waals surface area contributed by atoms with E-state index in [1.165, 1.54) is 0 Å². The third kappa shape index (κ3) is 9.21. The predicted octanol–water partition coefficient (Wildman–Crippen LogP) is 5.26. The number of rotatable bonds is 12. The van der Waals surface area contributed by atoms with Crippen molar-refractivity contribution in [3.05, 3.63) is 46.6 Å². The molecule has 0 unspecified atom stereocenters. The van der Waals surface area contributed by atoms with Gasteiger partial charge in [0.15, 0.2) is 0 Å². The number of piperidine rings is 1. The van der Waals surface area contributed by atoms with Crippen LogP contribution in [0.2, 0.25) is 0 Å². The van der Waals surface area contributed by atoms with Crippen molar-refractivity contribution < 1.29 is 44.6 Å². The number of hydrogen-bond acceptors (Lipinski definition) is 9. The minimum atomic E-state index is -4.60. The molecule has 0 atom stereocenters. The Morgan fingerprint density at radius 1 is 1.17 bits per heavy atom. The molecule has 2 heterocycles. The van der Waals surface area contributed by atoms with E-state index in [2.05, 4.69) is 27.4 Å². The molecule has 1 aromatic heterocycles. The van der Waals surface area contributed by atoms with Crippen LogP contribution in [0.5, 0.6) is 5.75 Å². The maximum Gasteiger partial charge on any atom is 0.393 e. The number of amides is 1. The molecule has 4 rings (SSSR count). The van der Waals surface area contributed by atoms with Crippen molar-refractivity contribution in [1.29, 1.82) is 0 Å². The Balaban J connectivity index is 1.57. The average Bonchev–Trinajstić information content (AvgIpc) is 3.32. The molecule has 1 fully saturated rings. The van der Waals surface area contributed by atoms with Crippen LogP contribution >= 0.6 is 11.3 Å². The zero-order chi connectivity index (χ0) is 33.5. The van der Waals surface area contributed by atoms with Crippen LogP contribution in [-0.4, -0.2) is 78.2 Å². The van der Waals surface area contributed by atoms with Crippen LogP contribution in [0.3, 0.4) is 0 Å². The highest BCUT2D eigenvalue weighted by Gasteiger charge is 2.31. The lowest BCUT2D eigenvalue weighted by atomic mass is 10.0. The molecule has 0 spiro atoms. The smallest absolute Gasteiger partial charge is 0.393 e. The summed E-state index contributed by atoms with van der Waals surface area (Å²) in [7, 11) is -2.94. The molecule has 3 N–H and O–H groups in total. The molecule has 2 aromatic carbocycles. The number of anilines is 2. The van der Waals surface area contributed by atoms with E-state index in [-0.39, 0.29) is 34.5 Å². The first-order valence-electron chi connectivity index (χ1n) is 14.2. The summed E-state index contributed by atoms with van der Waals surface area (Å²) in [5.74, 6) is 2.90. The fourth-order valence-corrected chi connectivity index (χ4v) is 7.30. The quantitative estimate of drug-likeness (QED) is 0.175. The van der Waals surface area contributed by atoms with Gasteiger partial charge in [0.2, 0.25) is 12.8 Å². The summed E-state index contributed by atoms with van der Waals surface area (Å²) in [6.45, 7) is 2.55. The predicted molar refractivity (Wildman–Crippen MR) is 166 cm³/mol. The van der Waals surface area contributed by atoms with Crippen LogP contribution in [0.15, 0.2) is 35.2 Å². The van der Waals surface area contributed by atoms with E-state index < -0.39 is 46.1 Å². The van der Waals surface area contributed by atoms with Crippen molar-refractivity contribution in [2.75, 3.05) is 57.4 Å². The highest BCUT2D eigenvalue weighted by Crippen LogP contribution is 2.39. The van der Waals surface area contributed by atoms with Gasteiger partial charge in [-0.25, -0.2) is 21.9 Å². The van der Waals surface area contributed by atoms with Gasteiger partial charge in [0.1, 0.15) is 16.5 Å². The summed E-state index contributed by atoms with van der Waals surface area (Å²) in [5, 5.41) is 6.63. The second-order valence-electron chi connectivity index (χ2n) is 10.5. The van der Waals surface area contributed by atoms with Gasteiger partial charge in [-0.1, -0.05) is 24.0 Å². The number of sulfonamides is 1. The van der Waals surface area contributed by atoms with E-state index in [1.807, 2.05) is 6.07 Å². The lowest BCUT2D eigenvalue weighted by Crippen LogP contribution is -2.40. The Hall–Kier alpha value is -3.65. The highest BCUT2D eigenvalue weighted by molar-refractivity contribution is 7.90. The van der Waals surface area contributed by atoms with E-state index in [4.69, 9.17) is 9.47 Å². The number of likely N-dealkylation sites (tertiary alicyclic amines) is 1. The van der Waals surface area contributed by atoms with Crippen LogP contribution in [0.4, 0.5) is 33.3 Å². The number of nitrogens with one attached hydrogen (secondary N) is 3. The Bertz CT molecular complexity index is 1710. The molecular formula is C30H33F5N4O5S2. The number of carbonyl (C=O) groups excluding carboxylic acids is 1. The molecule has 0 aliphatic carbocycles. The zero-order valence-electron chi connectivity index (χ0n) is 25.0. The molecule has 0 saturated carbocycles. The number of benzene rings is 2. The van der Waals surface area contributed by atoms with Gasteiger partial charge in [-0.15, -0.1) is 11.3 Å². The van der Waals surface area contributed by atoms with Crippen molar-refractivity contribution >= 4 is 48.7 Å². The van der Waals surface area contributed by atoms with Crippen LogP contribution in [0.1, 0.15) is 30.2 Å². The summed E-state index contributed by atoms with van der Waals surface area (Å²) in [6, 6.07) is 6.77. The fourth-order valence-electron chi connectivity index (χ4n) is 5.07. The molecule has 0 radical (unpaired) electrons. The van der Waals surface area contributed by atoms with Crippen molar-refractivity contribution in [1.82, 2.24) is 9.62 Å². The Kier molecular flexibility index (Phi) is 11.7. The summed E-state index contributed by atoms with van der Waals surface area (Å²) >= 11 is 1.13. The maximum absolute atomic E-state index is 14.7. The van der Waals surface area contributed by atoms with E-state index in [0.717, 1.165) is 62.5 Å². The van der Waals surface area contributed by atoms with E-state index >= 15 is 0 Å². The molecule has 3 aromatic rings. The van der Waals surface area contributed by atoms with Crippen LogP contribution in [0.25, 0.3) is 10.1 Å². The number of nitrogens with zero attached hydrogens (tertiary/aromatic N) is 1. The first-order chi connectivity index (χ1) is 21.8. The minimum absolute atomic E-state index is 0.0399. The molecule has 0 bridgehead atoms. The Labute approximate surface area is 267 Å². The van der Waals surface area contributed by atoms with Gasteiger partial charge in [0, 0.05) is 51.8 Å². The number of thiophene rings is 1. The molecule has 1 aliphatic heterocycles. The van der Waals surface area contributed by atoms with Crippen molar-refractivity contribution in [2.45, 2.75) is 43.3 Å².